The average Bonchev–Trinajstić information content (AvgIpc) is 2.63. The van der Waals surface area contributed by atoms with Gasteiger partial charge in [-0.1, -0.05) is 15.9 Å². The Morgan fingerprint density at radius 2 is 2.25 bits per heavy atom. The van der Waals surface area contributed by atoms with Crippen LogP contribution in [0.4, 0.5) is 4.39 Å². The van der Waals surface area contributed by atoms with E-state index in [2.05, 4.69) is 20.9 Å². The first-order valence-corrected chi connectivity index (χ1v) is 5.29. The van der Waals surface area contributed by atoms with Gasteiger partial charge in [0.1, 0.15) is 11.9 Å². The number of hydrogen-bond donors (Lipinski definition) is 0. The predicted molar refractivity (Wildman–Crippen MR) is 61.0 cm³/mol. The van der Waals surface area contributed by atoms with Gasteiger partial charge in [-0.3, -0.25) is 0 Å². The van der Waals surface area contributed by atoms with Crippen molar-refractivity contribution in [2.24, 2.45) is 7.05 Å². The molecule has 0 aliphatic heterocycles. The average molecular weight is 280 g/mol. The zero-order valence-corrected chi connectivity index (χ0v) is 9.99. The van der Waals surface area contributed by atoms with Crippen LogP contribution in [0.3, 0.4) is 0 Å². The van der Waals surface area contributed by atoms with Crippen LogP contribution in [0.1, 0.15) is 5.69 Å². The fourth-order valence-electron chi connectivity index (χ4n) is 1.51. The van der Waals surface area contributed by atoms with E-state index in [-0.39, 0.29) is 11.5 Å². The van der Waals surface area contributed by atoms with E-state index in [1.165, 1.54) is 12.4 Å². The van der Waals surface area contributed by atoms with E-state index in [1.54, 1.807) is 23.7 Å². The molecule has 3 nitrogen and oxygen atoms in total. The van der Waals surface area contributed by atoms with Gasteiger partial charge >= 0.3 is 0 Å². The Hall–Kier alpha value is -1.67. The lowest BCUT2D eigenvalue weighted by Gasteiger charge is -2.05. The SMILES string of the molecule is Cn1cnc(C#N)c1-c1cc(Br)ccc1F. The van der Waals surface area contributed by atoms with E-state index in [9.17, 15) is 4.39 Å². The van der Waals surface area contributed by atoms with Gasteiger partial charge in [0, 0.05) is 17.1 Å². The number of aryl methyl sites for hydroxylation is 1. The van der Waals surface area contributed by atoms with Crippen molar-refractivity contribution >= 4 is 15.9 Å². The molecule has 0 radical (unpaired) electrons. The lowest BCUT2D eigenvalue weighted by atomic mass is 10.1. The van der Waals surface area contributed by atoms with Crippen molar-refractivity contribution in [2.75, 3.05) is 0 Å². The van der Waals surface area contributed by atoms with E-state index in [4.69, 9.17) is 5.26 Å². The Morgan fingerprint density at radius 3 is 2.94 bits per heavy atom. The third kappa shape index (κ3) is 1.72. The van der Waals surface area contributed by atoms with Gasteiger partial charge in [0.15, 0.2) is 5.69 Å². The van der Waals surface area contributed by atoms with E-state index in [0.29, 0.717) is 11.3 Å². The Morgan fingerprint density at radius 1 is 1.50 bits per heavy atom. The van der Waals surface area contributed by atoms with Crippen molar-refractivity contribution in [3.63, 3.8) is 0 Å². The van der Waals surface area contributed by atoms with Gasteiger partial charge in [-0.15, -0.1) is 0 Å². The summed E-state index contributed by atoms with van der Waals surface area (Å²) in [6.07, 6.45) is 1.49. The summed E-state index contributed by atoms with van der Waals surface area (Å²) in [5.41, 5.74) is 1.08. The molecule has 0 unspecified atom stereocenters. The second-order valence-electron chi connectivity index (χ2n) is 3.29. The molecule has 0 fully saturated rings. The van der Waals surface area contributed by atoms with Gasteiger partial charge in [0.2, 0.25) is 0 Å². The summed E-state index contributed by atoms with van der Waals surface area (Å²) in [4.78, 5) is 3.90. The molecule has 0 spiro atoms. The van der Waals surface area contributed by atoms with E-state index >= 15 is 0 Å². The Kier molecular flexibility index (Phi) is 2.75. The summed E-state index contributed by atoms with van der Waals surface area (Å²) in [5.74, 6) is -0.372. The number of imidazole rings is 1. The van der Waals surface area contributed by atoms with Gasteiger partial charge < -0.3 is 4.57 Å². The molecular weight excluding hydrogens is 273 g/mol. The highest BCUT2D eigenvalue weighted by atomic mass is 79.9. The van der Waals surface area contributed by atoms with Crippen LogP contribution in [-0.2, 0) is 7.05 Å². The molecule has 2 aromatic rings. The smallest absolute Gasteiger partial charge is 0.166 e. The highest BCUT2D eigenvalue weighted by Gasteiger charge is 2.14. The van der Waals surface area contributed by atoms with Gasteiger partial charge in [0.05, 0.1) is 12.0 Å². The Balaban J connectivity index is 2.72. The number of aromatic nitrogens is 2. The fourth-order valence-corrected chi connectivity index (χ4v) is 1.87. The largest absolute Gasteiger partial charge is 0.333 e. The van der Waals surface area contributed by atoms with Crippen LogP contribution in [-0.4, -0.2) is 9.55 Å². The van der Waals surface area contributed by atoms with Crippen LogP contribution < -0.4 is 0 Å². The van der Waals surface area contributed by atoms with Crippen LogP contribution in [0.15, 0.2) is 29.0 Å². The van der Waals surface area contributed by atoms with E-state index < -0.39 is 0 Å². The molecular formula is C11H7BrFN3. The molecule has 80 valence electrons. The predicted octanol–water partition coefficient (Wildman–Crippen LogP) is 2.86. The molecule has 5 heteroatoms. The van der Waals surface area contributed by atoms with Crippen molar-refractivity contribution in [3.05, 3.63) is 40.5 Å². The van der Waals surface area contributed by atoms with Crippen LogP contribution >= 0.6 is 15.9 Å². The van der Waals surface area contributed by atoms with Gasteiger partial charge in [-0.25, -0.2) is 9.37 Å². The lowest BCUT2D eigenvalue weighted by molar-refractivity contribution is 0.629. The first kappa shape index (κ1) is 10.8. The second kappa shape index (κ2) is 4.06. The monoisotopic (exact) mass is 279 g/mol. The van der Waals surface area contributed by atoms with Crippen molar-refractivity contribution in [3.8, 4) is 17.3 Å². The maximum Gasteiger partial charge on any atom is 0.166 e. The second-order valence-corrected chi connectivity index (χ2v) is 4.20. The van der Waals surface area contributed by atoms with Crippen LogP contribution in [0.2, 0.25) is 0 Å². The molecule has 2 rings (SSSR count). The molecule has 0 atom stereocenters. The summed E-state index contributed by atoms with van der Waals surface area (Å²) in [6.45, 7) is 0. The van der Waals surface area contributed by atoms with Gasteiger partial charge in [-0.05, 0) is 18.2 Å². The summed E-state index contributed by atoms with van der Waals surface area (Å²) < 4.78 is 16.0. The van der Waals surface area contributed by atoms with Crippen molar-refractivity contribution in [1.29, 1.82) is 5.26 Å². The highest BCUT2D eigenvalue weighted by Crippen LogP contribution is 2.27. The lowest BCUT2D eigenvalue weighted by Crippen LogP contribution is -1.94. The third-order valence-electron chi connectivity index (χ3n) is 2.23. The van der Waals surface area contributed by atoms with Crippen LogP contribution in [0.5, 0.6) is 0 Å². The quantitative estimate of drug-likeness (QED) is 0.806. The number of nitrogens with zero attached hydrogens (tertiary/aromatic N) is 3. The summed E-state index contributed by atoms with van der Waals surface area (Å²) in [5, 5.41) is 8.89. The summed E-state index contributed by atoms with van der Waals surface area (Å²) in [7, 11) is 1.73. The minimum absolute atomic E-state index is 0.222. The number of nitriles is 1. The zero-order valence-electron chi connectivity index (χ0n) is 8.41. The third-order valence-corrected chi connectivity index (χ3v) is 2.72. The van der Waals surface area contributed by atoms with Crippen molar-refractivity contribution < 1.29 is 4.39 Å². The molecule has 0 bridgehead atoms. The first-order valence-electron chi connectivity index (χ1n) is 4.50. The summed E-state index contributed by atoms with van der Waals surface area (Å²) >= 11 is 3.27. The zero-order chi connectivity index (χ0) is 11.7. The Bertz CT molecular complexity index is 583. The molecule has 1 heterocycles. The molecule has 0 saturated heterocycles. The van der Waals surface area contributed by atoms with Gasteiger partial charge in [-0.2, -0.15) is 5.26 Å². The van der Waals surface area contributed by atoms with Crippen LogP contribution in [0, 0.1) is 17.1 Å². The normalized spacial score (nSPS) is 10.1. The molecule has 0 aliphatic rings. The molecule has 0 aliphatic carbocycles. The topological polar surface area (TPSA) is 41.6 Å². The maximum atomic E-state index is 13.7. The Labute approximate surface area is 100 Å². The van der Waals surface area contributed by atoms with E-state index in [1.807, 2.05) is 6.07 Å². The molecule has 16 heavy (non-hydrogen) atoms. The minimum Gasteiger partial charge on any atom is -0.333 e. The number of halogens is 2. The molecule has 1 aromatic carbocycles. The standard InChI is InChI=1S/C11H7BrFN3/c1-16-6-15-10(5-14)11(16)8-4-7(12)2-3-9(8)13/h2-4,6H,1H3. The maximum absolute atomic E-state index is 13.7. The molecule has 0 N–H and O–H groups in total. The summed E-state index contributed by atoms with van der Waals surface area (Å²) in [6, 6.07) is 6.55. The molecule has 1 aromatic heterocycles. The fraction of sp³-hybridized carbons (Fsp3) is 0.0909. The van der Waals surface area contributed by atoms with Gasteiger partial charge in [0.25, 0.3) is 0 Å². The molecule has 0 saturated carbocycles. The van der Waals surface area contributed by atoms with Crippen molar-refractivity contribution in [1.82, 2.24) is 9.55 Å². The number of hydrogen-bond acceptors (Lipinski definition) is 2. The molecule has 0 amide bonds. The van der Waals surface area contributed by atoms with Crippen LogP contribution in [0.25, 0.3) is 11.3 Å². The minimum atomic E-state index is -0.372. The highest BCUT2D eigenvalue weighted by molar-refractivity contribution is 9.10. The number of benzene rings is 1. The first-order chi connectivity index (χ1) is 7.63. The van der Waals surface area contributed by atoms with Crippen molar-refractivity contribution in [2.45, 2.75) is 0 Å². The number of rotatable bonds is 1. The van der Waals surface area contributed by atoms with E-state index in [0.717, 1.165) is 4.47 Å².